The predicted octanol–water partition coefficient (Wildman–Crippen LogP) is 2.59. The first-order valence-corrected chi connectivity index (χ1v) is 13.8. The summed E-state index contributed by atoms with van der Waals surface area (Å²) < 4.78 is 1.62. The molecule has 2 aromatic heterocycles. The van der Waals surface area contributed by atoms with Gasteiger partial charge in [0, 0.05) is 47.9 Å². The van der Waals surface area contributed by atoms with Gasteiger partial charge in [0.1, 0.15) is 5.65 Å². The highest BCUT2D eigenvalue weighted by Gasteiger charge is 2.24. The minimum Gasteiger partial charge on any atom is -0.370 e. The summed E-state index contributed by atoms with van der Waals surface area (Å²) in [5.74, 6) is 0.428. The number of aromatic nitrogens is 3. The first-order chi connectivity index (χ1) is 18.3. The lowest BCUT2D eigenvalue weighted by atomic mass is 9.87. The number of benzene rings is 1. The fourth-order valence-corrected chi connectivity index (χ4v) is 5.29. The molecule has 2 unspecified atom stereocenters. The molecule has 0 spiro atoms. The van der Waals surface area contributed by atoms with Crippen LogP contribution in [0.15, 0.2) is 41.3 Å². The maximum absolute atomic E-state index is 12.9. The van der Waals surface area contributed by atoms with Gasteiger partial charge in [-0.2, -0.15) is 4.98 Å². The lowest BCUT2D eigenvalue weighted by Gasteiger charge is -2.30. The van der Waals surface area contributed by atoms with Crippen LogP contribution in [0.4, 0.5) is 0 Å². The maximum Gasteiger partial charge on any atom is 0.354 e. The average Bonchev–Trinajstić information content (AvgIpc) is 3.31. The zero-order valence-corrected chi connectivity index (χ0v) is 22.6. The third-order valence-electron chi connectivity index (χ3n) is 7.47. The fourth-order valence-electron chi connectivity index (χ4n) is 5.29. The van der Waals surface area contributed by atoms with Crippen LogP contribution >= 0.6 is 0 Å². The Morgan fingerprint density at radius 2 is 2.03 bits per heavy atom. The molecule has 10 heteroatoms. The number of nitrogens with two attached hydrogens (primary N) is 2. The molecule has 0 aliphatic carbocycles. The number of guanidine groups is 1. The van der Waals surface area contributed by atoms with Crippen LogP contribution in [0, 0.1) is 5.41 Å². The van der Waals surface area contributed by atoms with Crippen LogP contribution in [0.5, 0.6) is 0 Å². The van der Waals surface area contributed by atoms with Gasteiger partial charge in [-0.1, -0.05) is 18.6 Å². The molecule has 38 heavy (non-hydrogen) atoms. The molecule has 1 aliphatic heterocycles. The van der Waals surface area contributed by atoms with Crippen LogP contribution < -0.4 is 33.1 Å². The molecule has 4 rings (SSSR count). The molecule has 1 aliphatic rings. The van der Waals surface area contributed by atoms with Crippen molar-refractivity contribution in [3.63, 3.8) is 0 Å². The van der Waals surface area contributed by atoms with E-state index < -0.39 is 0 Å². The van der Waals surface area contributed by atoms with Crippen LogP contribution in [0.2, 0.25) is 0 Å². The van der Waals surface area contributed by atoms with Gasteiger partial charge < -0.3 is 32.4 Å². The minimum absolute atomic E-state index is 0.00360. The number of aromatic amines is 1. The number of nitrogens with one attached hydrogen (secondary N) is 5. The summed E-state index contributed by atoms with van der Waals surface area (Å²) in [7, 11) is 0. The summed E-state index contributed by atoms with van der Waals surface area (Å²) in [4.78, 5) is 20.7. The number of nitrogens with zero attached hydrogens (tertiary/aromatic N) is 2. The number of fused-ring (bicyclic) bond motifs is 1. The van der Waals surface area contributed by atoms with Crippen molar-refractivity contribution in [1.82, 2.24) is 30.5 Å². The van der Waals surface area contributed by atoms with Gasteiger partial charge >= 0.3 is 5.69 Å². The monoisotopic (exact) mass is 521 g/mol. The second-order valence-corrected chi connectivity index (χ2v) is 10.7. The van der Waals surface area contributed by atoms with Gasteiger partial charge in [0.05, 0.1) is 5.69 Å². The molecule has 0 saturated carbocycles. The Morgan fingerprint density at radius 3 is 2.76 bits per heavy atom. The molecule has 3 heterocycles. The molecular formula is C28H43N9O. The number of H-pyrrole nitrogens is 1. The van der Waals surface area contributed by atoms with Gasteiger partial charge in [0.15, 0.2) is 5.96 Å². The van der Waals surface area contributed by atoms with Crippen molar-refractivity contribution in [2.24, 2.45) is 11.5 Å². The van der Waals surface area contributed by atoms with E-state index in [2.05, 4.69) is 45.8 Å². The Morgan fingerprint density at radius 1 is 1.24 bits per heavy atom. The Kier molecular flexibility index (Phi) is 9.54. The second-order valence-electron chi connectivity index (χ2n) is 10.7. The highest BCUT2D eigenvalue weighted by molar-refractivity contribution is 5.76. The van der Waals surface area contributed by atoms with Crippen molar-refractivity contribution in [3.8, 4) is 5.69 Å². The highest BCUT2D eigenvalue weighted by Crippen LogP contribution is 2.30. The van der Waals surface area contributed by atoms with E-state index in [1.54, 1.807) is 4.57 Å². The molecule has 0 bridgehead atoms. The number of piperidine rings is 1. The lowest BCUT2D eigenvalue weighted by molar-refractivity contribution is 0.334. The first-order valence-electron chi connectivity index (χ1n) is 13.8. The largest absolute Gasteiger partial charge is 0.370 e. The molecule has 9 N–H and O–H groups in total. The van der Waals surface area contributed by atoms with E-state index in [-0.39, 0.29) is 23.7 Å². The third-order valence-corrected chi connectivity index (χ3v) is 7.47. The Bertz CT molecular complexity index is 1250. The number of hydrogen-bond acceptors (Lipinski definition) is 6. The summed E-state index contributed by atoms with van der Waals surface area (Å²) in [6, 6.07) is 11.1. The van der Waals surface area contributed by atoms with E-state index in [1.807, 2.05) is 30.5 Å². The molecule has 0 amide bonds. The molecule has 1 fully saturated rings. The van der Waals surface area contributed by atoms with Crippen LogP contribution in [-0.2, 0) is 0 Å². The SMILES string of the molecule is C[C@H](N)CCCC1CC(c2cc3cn(-c4ccc([C@H](C)NCCCNC(=N)N)cc4)c(=O)nc3[nH]2)CCN1. The third kappa shape index (κ3) is 7.43. The summed E-state index contributed by atoms with van der Waals surface area (Å²) in [6.07, 6.45) is 8.25. The standard InChI is InChI=1S/C28H43N9O/c1-18(29)5-3-6-23-15-21(11-14-33-23)25-16-22-17-37(28(38)36-26(22)35-25)24-9-7-20(8-10-24)19(2)32-12-4-13-34-27(30)31/h7-10,16-19,21,23,32-33H,3-6,11-15,29H2,1-2H3,(H4,30,31,34)(H,35,36,38)/t18-,19-,21?,23?/m0/s1. The van der Waals surface area contributed by atoms with E-state index in [9.17, 15) is 4.79 Å². The summed E-state index contributed by atoms with van der Waals surface area (Å²) >= 11 is 0. The molecular weight excluding hydrogens is 478 g/mol. The van der Waals surface area contributed by atoms with Crippen molar-refractivity contribution >= 4 is 17.0 Å². The van der Waals surface area contributed by atoms with E-state index in [1.165, 1.54) is 0 Å². The Balaban J connectivity index is 1.40. The average molecular weight is 522 g/mol. The van der Waals surface area contributed by atoms with Crippen molar-refractivity contribution in [2.75, 3.05) is 19.6 Å². The van der Waals surface area contributed by atoms with Gasteiger partial charge in [0.25, 0.3) is 0 Å². The maximum atomic E-state index is 12.9. The van der Waals surface area contributed by atoms with Gasteiger partial charge in [-0.05, 0) is 82.8 Å². The van der Waals surface area contributed by atoms with Crippen molar-refractivity contribution in [3.05, 3.63) is 58.3 Å². The van der Waals surface area contributed by atoms with Gasteiger partial charge in [0.2, 0.25) is 0 Å². The molecule has 4 atom stereocenters. The van der Waals surface area contributed by atoms with E-state index >= 15 is 0 Å². The smallest absolute Gasteiger partial charge is 0.354 e. The van der Waals surface area contributed by atoms with E-state index in [0.29, 0.717) is 24.2 Å². The van der Waals surface area contributed by atoms with Crippen molar-refractivity contribution in [1.29, 1.82) is 5.41 Å². The molecule has 1 aromatic carbocycles. The van der Waals surface area contributed by atoms with Crippen LogP contribution in [0.25, 0.3) is 16.7 Å². The zero-order chi connectivity index (χ0) is 27.1. The van der Waals surface area contributed by atoms with Gasteiger partial charge in [-0.3, -0.25) is 9.98 Å². The number of hydrogen-bond donors (Lipinski definition) is 7. The van der Waals surface area contributed by atoms with Gasteiger partial charge in [-0.25, -0.2) is 4.79 Å². The van der Waals surface area contributed by atoms with E-state index in [0.717, 1.165) is 73.9 Å². The van der Waals surface area contributed by atoms with Crippen LogP contribution in [0.3, 0.4) is 0 Å². The Hall–Kier alpha value is -3.21. The Labute approximate surface area is 224 Å². The van der Waals surface area contributed by atoms with Crippen molar-refractivity contribution in [2.45, 2.75) is 76.4 Å². The minimum atomic E-state index is -0.290. The molecule has 3 aromatic rings. The predicted molar refractivity (Wildman–Crippen MR) is 154 cm³/mol. The van der Waals surface area contributed by atoms with Crippen LogP contribution in [0.1, 0.15) is 75.6 Å². The first kappa shape index (κ1) is 27.8. The van der Waals surface area contributed by atoms with Gasteiger partial charge in [-0.15, -0.1) is 0 Å². The van der Waals surface area contributed by atoms with Crippen molar-refractivity contribution < 1.29 is 0 Å². The zero-order valence-electron chi connectivity index (χ0n) is 22.6. The fraction of sp³-hybridized carbons (Fsp3) is 0.536. The summed E-state index contributed by atoms with van der Waals surface area (Å²) in [6.45, 7) is 6.65. The molecule has 206 valence electrons. The summed E-state index contributed by atoms with van der Waals surface area (Å²) in [5.41, 5.74) is 14.7. The quantitative estimate of drug-likeness (QED) is 0.109. The topological polar surface area (TPSA) is 163 Å². The normalized spacial score (nSPS) is 19.3. The molecule has 1 saturated heterocycles. The molecule has 10 nitrogen and oxygen atoms in total. The lowest BCUT2D eigenvalue weighted by Crippen LogP contribution is -2.37. The summed E-state index contributed by atoms with van der Waals surface area (Å²) in [5, 5.41) is 18.1. The number of rotatable bonds is 12. The second kappa shape index (κ2) is 13.0. The molecule has 0 radical (unpaired) electrons. The van der Waals surface area contributed by atoms with Crippen LogP contribution in [-0.4, -0.2) is 52.2 Å². The van der Waals surface area contributed by atoms with E-state index in [4.69, 9.17) is 16.9 Å². The highest BCUT2D eigenvalue weighted by atomic mass is 16.1.